The molecule has 8 heteroatoms. The van der Waals surface area contributed by atoms with Crippen molar-refractivity contribution in [3.63, 3.8) is 0 Å². The zero-order chi connectivity index (χ0) is 22.9. The van der Waals surface area contributed by atoms with Gasteiger partial charge in [0, 0.05) is 31.1 Å². The van der Waals surface area contributed by atoms with Crippen LogP contribution >= 0.6 is 0 Å². The van der Waals surface area contributed by atoms with E-state index in [9.17, 15) is 9.59 Å². The molecule has 0 unspecified atom stereocenters. The predicted octanol–water partition coefficient (Wildman–Crippen LogP) is 3.44. The second kappa shape index (κ2) is 8.46. The van der Waals surface area contributed by atoms with Crippen LogP contribution in [0.1, 0.15) is 22.8 Å². The van der Waals surface area contributed by atoms with Crippen LogP contribution in [0.5, 0.6) is 11.5 Å². The van der Waals surface area contributed by atoms with Crippen molar-refractivity contribution < 1.29 is 14.3 Å². The average molecular weight is 444 g/mol. The molecule has 5 rings (SSSR count). The first kappa shape index (κ1) is 20.8. The number of hydrogen-bond donors (Lipinski definition) is 2. The molecular weight excluding hydrogens is 418 g/mol. The van der Waals surface area contributed by atoms with Crippen LogP contribution in [-0.4, -0.2) is 46.1 Å². The van der Waals surface area contributed by atoms with Crippen LogP contribution in [0.2, 0.25) is 0 Å². The Bertz CT molecular complexity index is 1200. The van der Waals surface area contributed by atoms with Gasteiger partial charge in [-0.25, -0.2) is 4.68 Å². The molecule has 1 aromatic heterocycles. The van der Waals surface area contributed by atoms with Gasteiger partial charge in [-0.1, -0.05) is 24.8 Å². The van der Waals surface area contributed by atoms with E-state index in [1.54, 1.807) is 4.90 Å². The van der Waals surface area contributed by atoms with Gasteiger partial charge < -0.3 is 20.7 Å². The number of nitrogens with zero attached hydrogens (tertiary/aromatic N) is 3. The lowest BCUT2D eigenvalue weighted by molar-refractivity contribution is -0.133. The van der Waals surface area contributed by atoms with Gasteiger partial charge >= 0.3 is 0 Å². The van der Waals surface area contributed by atoms with E-state index in [4.69, 9.17) is 15.6 Å². The molecule has 3 N–H and O–H groups in total. The number of amides is 2. The van der Waals surface area contributed by atoms with E-state index in [0.29, 0.717) is 42.5 Å². The molecule has 2 aliphatic heterocycles. The normalized spacial score (nSPS) is 17.5. The number of anilines is 1. The Hall–Kier alpha value is -4.07. The molecule has 8 nitrogen and oxygen atoms in total. The highest BCUT2D eigenvalue weighted by Crippen LogP contribution is 2.39. The zero-order valence-corrected chi connectivity index (χ0v) is 18.1. The second-order valence-corrected chi connectivity index (χ2v) is 8.31. The third-order valence-corrected chi connectivity index (χ3v) is 6.25. The highest BCUT2D eigenvalue weighted by Gasteiger charge is 2.40. The minimum absolute atomic E-state index is 0.0581. The summed E-state index contributed by atoms with van der Waals surface area (Å²) in [6, 6.07) is 17.1. The number of carbonyl (C=O) groups is 2. The number of benzene rings is 2. The quantitative estimate of drug-likeness (QED) is 0.568. The molecule has 1 saturated heterocycles. The van der Waals surface area contributed by atoms with E-state index in [0.717, 1.165) is 17.7 Å². The first-order valence-corrected chi connectivity index (χ1v) is 11.0. The fraction of sp³-hybridized carbons (Fsp3) is 0.240. The molecule has 1 atom stereocenters. The number of aromatic nitrogens is 2. The van der Waals surface area contributed by atoms with Crippen molar-refractivity contribution in [2.75, 3.05) is 25.0 Å². The van der Waals surface area contributed by atoms with E-state index < -0.39 is 5.91 Å². The van der Waals surface area contributed by atoms with E-state index in [1.165, 1.54) is 6.08 Å². The zero-order valence-electron chi connectivity index (χ0n) is 18.1. The standard InChI is InChI=1S/C25H25N5O3/c1-2-21(31)29-14-17(15-29)20-12-13-27-25-22(24(26)32)23(28-30(20)25)16-8-10-19(11-9-16)33-18-6-4-3-5-7-18/h2-11,17,20,27H,1,12-15H2,(H2,26,32)/t20-/m1/s1. The third kappa shape index (κ3) is 3.84. The molecule has 2 amide bonds. The van der Waals surface area contributed by atoms with Crippen molar-refractivity contribution in [3.05, 3.63) is 72.8 Å². The van der Waals surface area contributed by atoms with Gasteiger partial charge in [-0.3, -0.25) is 9.59 Å². The van der Waals surface area contributed by atoms with E-state index in [-0.39, 0.29) is 17.9 Å². The number of likely N-dealkylation sites (tertiary alicyclic amines) is 1. The van der Waals surface area contributed by atoms with Crippen LogP contribution in [-0.2, 0) is 4.79 Å². The van der Waals surface area contributed by atoms with Crippen molar-refractivity contribution in [2.24, 2.45) is 11.7 Å². The van der Waals surface area contributed by atoms with Crippen LogP contribution in [0, 0.1) is 5.92 Å². The Morgan fingerprint density at radius 1 is 1.09 bits per heavy atom. The maximum absolute atomic E-state index is 12.4. The number of nitrogens with one attached hydrogen (secondary N) is 1. The SMILES string of the molecule is C=CC(=O)N1CC([C@H]2CCNc3c(C(N)=O)c(-c4ccc(Oc5ccccc5)cc4)nn32)C1. The lowest BCUT2D eigenvalue weighted by Crippen LogP contribution is -2.53. The molecule has 0 radical (unpaired) electrons. The van der Waals surface area contributed by atoms with Crippen LogP contribution in [0.3, 0.4) is 0 Å². The van der Waals surface area contributed by atoms with E-state index in [1.807, 2.05) is 59.3 Å². The summed E-state index contributed by atoms with van der Waals surface area (Å²) in [6.45, 7) is 5.58. The predicted molar refractivity (Wildman–Crippen MR) is 125 cm³/mol. The highest BCUT2D eigenvalue weighted by molar-refractivity contribution is 6.03. The van der Waals surface area contributed by atoms with Crippen LogP contribution in [0.4, 0.5) is 5.82 Å². The summed E-state index contributed by atoms with van der Waals surface area (Å²) < 4.78 is 7.75. The summed E-state index contributed by atoms with van der Waals surface area (Å²) in [5.41, 5.74) is 7.49. The summed E-state index contributed by atoms with van der Waals surface area (Å²) in [4.78, 5) is 26.0. The molecule has 168 valence electrons. The minimum atomic E-state index is -0.527. The Balaban J connectivity index is 1.43. The Kier molecular flexibility index (Phi) is 5.34. The average Bonchev–Trinajstić information content (AvgIpc) is 3.20. The number of primary amides is 1. The highest BCUT2D eigenvalue weighted by atomic mass is 16.5. The lowest BCUT2D eigenvalue weighted by Gasteiger charge is -2.44. The largest absolute Gasteiger partial charge is 0.457 e. The molecule has 3 aromatic rings. The molecule has 33 heavy (non-hydrogen) atoms. The number of para-hydroxylation sites is 1. The van der Waals surface area contributed by atoms with Gasteiger partial charge in [-0.15, -0.1) is 0 Å². The van der Waals surface area contributed by atoms with E-state index in [2.05, 4.69) is 11.9 Å². The number of carbonyl (C=O) groups excluding carboxylic acids is 2. The molecule has 3 heterocycles. The van der Waals surface area contributed by atoms with Gasteiger partial charge in [0.1, 0.15) is 28.6 Å². The fourth-order valence-corrected chi connectivity index (χ4v) is 4.55. The fourth-order valence-electron chi connectivity index (χ4n) is 4.55. The van der Waals surface area contributed by atoms with Gasteiger partial charge in [-0.05, 0) is 48.9 Å². The second-order valence-electron chi connectivity index (χ2n) is 8.31. The van der Waals surface area contributed by atoms with Gasteiger partial charge in [0.15, 0.2) is 0 Å². The summed E-state index contributed by atoms with van der Waals surface area (Å²) >= 11 is 0. The summed E-state index contributed by atoms with van der Waals surface area (Å²) in [7, 11) is 0. The van der Waals surface area contributed by atoms with Gasteiger partial charge in [0.25, 0.3) is 5.91 Å². The smallest absolute Gasteiger partial charge is 0.254 e. The van der Waals surface area contributed by atoms with Crippen LogP contribution < -0.4 is 15.8 Å². The van der Waals surface area contributed by atoms with Gasteiger partial charge in [0.05, 0.1) is 6.04 Å². The Morgan fingerprint density at radius 2 is 1.79 bits per heavy atom. The van der Waals surface area contributed by atoms with Crippen molar-refractivity contribution in [2.45, 2.75) is 12.5 Å². The number of nitrogens with two attached hydrogens (primary N) is 1. The first-order chi connectivity index (χ1) is 16.0. The molecule has 0 aliphatic carbocycles. The lowest BCUT2D eigenvalue weighted by atomic mass is 9.88. The topological polar surface area (TPSA) is 102 Å². The third-order valence-electron chi connectivity index (χ3n) is 6.25. The Morgan fingerprint density at radius 3 is 2.45 bits per heavy atom. The number of ether oxygens (including phenoxy) is 1. The molecule has 2 aromatic carbocycles. The summed E-state index contributed by atoms with van der Waals surface area (Å²) in [5.74, 6) is 1.76. The molecule has 1 fully saturated rings. The number of hydrogen-bond acceptors (Lipinski definition) is 5. The molecule has 2 aliphatic rings. The molecule has 0 bridgehead atoms. The van der Waals surface area contributed by atoms with Crippen LogP contribution in [0.25, 0.3) is 11.3 Å². The number of rotatable bonds is 6. The summed E-state index contributed by atoms with van der Waals surface area (Å²) in [6.07, 6.45) is 2.20. The molecule has 0 spiro atoms. The van der Waals surface area contributed by atoms with Crippen molar-refractivity contribution in [3.8, 4) is 22.8 Å². The number of fused-ring (bicyclic) bond motifs is 1. The van der Waals surface area contributed by atoms with Crippen LogP contribution in [0.15, 0.2) is 67.3 Å². The maximum Gasteiger partial charge on any atom is 0.254 e. The summed E-state index contributed by atoms with van der Waals surface area (Å²) in [5, 5.41) is 8.12. The molecular formula is C25H25N5O3. The monoisotopic (exact) mass is 443 g/mol. The van der Waals surface area contributed by atoms with Crippen molar-refractivity contribution >= 4 is 17.6 Å². The van der Waals surface area contributed by atoms with Gasteiger partial charge in [0.2, 0.25) is 5.91 Å². The first-order valence-electron chi connectivity index (χ1n) is 11.0. The molecule has 0 saturated carbocycles. The Labute approximate surface area is 191 Å². The minimum Gasteiger partial charge on any atom is -0.457 e. The maximum atomic E-state index is 12.4. The van der Waals surface area contributed by atoms with Crippen molar-refractivity contribution in [1.29, 1.82) is 0 Å². The van der Waals surface area contributed by atoms with Gasteiger partial charge in [-0.2, -0.15) is 5.10 Å². The van der Waals surface area contributed by atoms with Crippen molar-refractivity contribution in [1.82, 2.24) is 14.7 Å². The van der Waals surface area contributed by atoms with E-state index >= 15 is 0 Å².